The SMILES string of the molecule is CC(C)(C)c1ccc2c(c1)c1cc(C(C)(C)C)ccc1n2-c1ccc2ccc3c(N(c4ccccc4-c4ccccc4)c4c(-c5ccccc5)cccc4-c4ccccc4)ccc4ccc1c2c43. The van der Waals surface area contributed by atoms with Gasteiger partial charge in [0.25, 0.3) is 0 Å². The van der Waals surface area contributed by atoms with Gasteiger partial charge in [0.15, 0.2) is 0 Å². The molecule has 0 amide bonds. The van der Waals surface area contributed by atoms with E-state index < -0.39 is 0 Å². The minimum atomic E-state index is 0.0217. The Morgan fingerprint density at radius 1 is 0.338 bits per heavy atom. The molecule has 0 N–H and O–H groups in total. The Morgan fingerprint density at radius 3 is 1.32 bits per heavy atom. The lowest BCUT2D eigenvalue weighted by Crippen LogP contribution is -2.14. The van der Waals surface area contributed by atoms with Crippen LogP contribution in [0.25, 0.3) is 93.2 Å². The fraction of sp³-hybridized carbons (Fsp3) is 0.121. The number of anilines is 3. The number of para-hydroxylation sites is 2. The Bertz CT molecular complexity index is 3720. The first-order valence-corrected chi connectivity index (χ1v) is 24.0. The highest BCUT2D eigenvalue weighted by Crippen LogP contribution is 2.52. The van der Waals surface area contributed by atoms with Crippen LogP contribution in [0.1, 0.15) is 52.7 Å². The summed E-state index contributed by atoms with van der Waals surface area (Å²) >= 11 is 0. The third kappa shape index (κ3) is 6.77. The van der Waals surface area contributed by atoms with Crippen molar-refractivity contribution in [2.24, 2.45) is 0 Å². The predicted molar refractivity (Wildman–Crippen MR) is 293 cm³/mol. The van der Waals surface area contributed by atoms with Gasteiger partial charge in [-0.2, -0.15) is 0 Å². The van der Waals surface area contributed by atoms with Gasteiger partial charge in [-0.05, 0) is 103 Å². The summed E-state index contributed by atoms with van der Waals surface area (Å²) in [5, 5.41) is 10.0. The number of rotatable bonds is 7. The molecule has 0 aliphatic heterocycles. The number of fused-ring (bicyclic) bond motifs is 3. The van der Waals surface area contributed by atoms with E-state index in [-0.39, 0.29) is 10.8 Å². The van der Waals surface area contributed by atoms with E-state index >= 15 is 0 Å². The molecular formula is C66H54N2. The second-order valence-electron chi connectivity index (χ2n) is 20.5. The maximum absolute atomic E-state index is 2.56. The second-order valence-corrected chi connectivity index (χ2v) is 20.5. The van der Waals surface area contributed by atoms with Gasteiger partial charge in [-0.25, -0.2) is 0 Å². The Hall–Kier alpha value is -7.94. The average molecular weight is 875 g/mol. The average Bonchev–Trinajstić information content (AvgIpc) is 3.69. The Morgan fingerprint density at radius 2 is 0.779 bits per heavy atom. The van der Waals surface area contributed by atoms with Crippen LogP contribution in [0, 0.1) is 0 Å². The van der Waals surface area contributed by atoms with Crippen molar-refractivity contribution in [2.45, 2.75) is 52.4 Å². The number of hydrogen-bond donors (Lipinski definition) is 0. The van der Waals surface area contributed by atoms with Gasteiger partial charge in [-0.3, -0.25) is 0 Å². The maximum Gasteiger partial charge on any atom is 0.0618 e. The quantitative estimate of drug-likeness (QED) is 0.145. The lowest BCUT2D eigenvalue weighted by molar-refractivity contribution is 0.590. The molecule has 1 aromatic heterocycles. The second kappa shape index (κ2) is 15.9. The lowest BCUT2D eigenvalue weighted by Gasteiger charge is -2.33. The monoisotopic (exact) mass is 874 g/mol. The lowest BCUT2D eigenvalue weighted by atomic mass is 9.85. The van der Waals surface area contributed by atoms with Gasteiger partial charge < -0.3 is 9.47 Å². The van der Waals surface area contributed by atoms with Crippen LogP contribution in [-0.4, -0.2) is 4.57 Å². The zero-order chi connectivity index (χ0) is 46.3. The van der Waals surface area contributed by atoms with Crippen molar-refractivity contribution in [3.05, 3.63) is 230 Å². The molecule has 11 aromatic carbocycles. The first kappa shape index (κ1) is 41.5. The van der Waals surface area contributed by atoms with Crippen LogP contribution in [0.3, 0.4) is 0 Å². The molecule has 1 heterocycles. The molecule has 0 unspecified atom stereocenters. The Balaban J connectivity index is 1.18. The summed E-state index contributed by atoms with van der Waals surface area (Å²) in [5.74, 6) is 0. The molecular weight excluding hydrogens is 821 g/mol. The summed E-state index contributed by atoms with van der Waals surface area (Å²) in [6.45, 7) is 13.9. The number of aromatic nitrogens is 1. The Kier molecular flexibility index (Phi) is 9.67. The van der Waals surface area contributed by atoms with Gasteiger partial charge in [0, 0.05) is 38.2 Å². The molecule has 2 heteroatoms. The van der Waals surface area contributed by atoms with E-state index in [9.17, 15) is 0 Å². The number of benzene rings is 11. The van der Waals surface area contributed by atoms with Gasteiger partial charge in [0.05, 0.1) is 33.8 Å². The zero-order valence-corrected chi connectivity index (χ0v) is 39.7. The molecule has 0 aliphatic carbocycles. The van der Waals surface area contributed by atoms with Gasteiger partial charge in [0.2, 0.25) is 0 Å². The first-order chi connectivity index (χ1) is 33.0. The van der Waals surface area contributed by atoms with Crippen LogP contribution >= 0.6 is 0 Å². The van der Waals surface area contributed by atoms with Crippen LogP contribution in [0.15, 0.2) is 218 Å². The van der Waals surface area contributed by atoms with E-state index in [2.05, 4.69) is 269 Å². The zero-order valence-electron chi connectivity index (χ0n) is 39.7. The summed E-state index contributed by atoms with van der Waals surface area (Å²) in [6.07, 6.45) is 0. The van der Waals surface area contributed by atoms with Crippen molar-refractivity contribution in [1.29, 1.82) is 0 Å². The molecule has 0 saturated carbocycles. The van der Waals surface area contributed by atoms with Crippen molar-refractivity contribution in [2.75, 3.05) is 4.90 Å². The van der Waals surface area contributed by atoms with Crippen LogP contribution in [0.2, 0.25) is 0 Å². The fourth-order valence-corrected chi connectivity index (χ4v) is 10.8. The summed E-state index contributed by atoms with van der Waals surface area (Å²) < 4.78 is 2.53. The van der Waals surface area contributed by atoms with Crippen LogP contribution in [0.5, 0.6) is 0 Å². The highest BCUT2D eigenvalue weighted by Gasteiger charge is 2.28. The third-order valence-corrected chi connectivity index (χ3v) is 14.3. The largest absolute Gasteiger partial charge is 0.309 e. The standard InChI is InChI=1S/C66H54N2/c1-65(2,3)48-33-39-60-55(41-48)56-42-49(66(4,5)6)34-40-61(56)67(60)58-37-31-46-30-36-54-59(38-32-47-29-35-53(58)62(46)63(47)54)68(57-28-17-16-25-50(57)43-19-10-7-11-20-43)64-51(44-21-12-8-13-22-44)26-18-27-52(64)45-23-14-9-15-24-45/h7-42H,1-6H3. The molecule has 0 spiro atoms. The number of nitrogens with zero attached hydrogens (tertiary/aromatic N) is 2. The molecule has 0 aliphatic rings. The van der Waals surface area contributed by atoms with Crippen molar-refractivity contribution < 1.29 is 0 Å². The summed E-state index contributed by atoms with van der Waals surface area (Å²) in [5.41, 5.74) is 16.8. The van der Waals surface area contributed by atoms with Crippen molar-refractivity contribution in [1.82, 2.24) is 4.57 Å². The minimum Gasteiger partial charge on any atom is -0.309 e. The third-order valence-electron chi connectivity index (χ3n) is 14.3. The molecule has 0 fully saturated rings. The molecule has 0 saturated heterocycles. The topological polar surface area (TPSA) is 8.17 Å². The maximum atomic E-state index is 2.56. The van der Waals surface area contributed by atoms with Crippen LogP contribution in [-0.2, 0) is 10.8 Å². The molecule has 68 heavy (non-hydrogen) atoms. The Labute approximate surface area is 399 Å². The van der Waals surface area contributed by atoms with Gasteiger partial charge >= 0.3 is 0 Å². The normalized spacial score (nSPS) is 12.3. The minimum absolute atomic E-state index is 0.0217. The van der Waals surface area contributed by atoms with E-state index in [1.54, 1.807) is 0 Å². The van der Waals surface area contributed by atoms with E-state index in [4.69, 9.17) is 0 Å². The summed E-state index contributed by atoms with van der Waals surface area (Å²) in [6, 6.07) is 81.4. The van der Waals surface area contributed by atoms with Gasteiger partial charge in [-0.15, -0.1) is 0 Å². The van der Waals surface area contributed by atoms with Crippen molar-refractivity contribution >= 4 is 71.2 Å². The van der Waals surface area contributed by atoms with E-state index in [1.165, 1.54) is 104 Å². The molecule has 328 valence electrons. The van der Waals surface area contributed by atoms with Crippen molar-refractivity contribution in [3.8, 4) is 39.1 Å². The van der Waals surface area contributed by atoms with Crippen LogP contribution in [0.4, 0.5) is 17.1 Å². The van der Waals surface area contributed by atoms with Gasteiger partial charge in [-0.1, -0.05) is 217 Å². The molecule has 2 nitrogen and oxygen atoms in total. The number of hydrogen-bond acceptors (Lipinski definition) is 1. The predicted octanol–water partition coefficient (Wildman–Crippen LogP) is 18.7. The molecule has 0 bridgehead atoms. The molecule has 0 radical (unpaired) electrons. The van der Waals surface area contributed by atoms with E-state index in [1.807, 2.05) is 0 Å². The summed E-state index contributed by atoms with van der Waals surface area (Å²) in [4.78, 5) is 2.56. The molecule has 12 rings (SSSR count). The van der Waals surface area contributed by atoms with Crippen LogP contribution < -0.4 is 4.90 Å². The molecule has 12 aromatic rings. The van der Waals surface area contributed by atoms with E-state index in [0.29, 0.717) is 0 Å². The smallest absolute Gasteiger partial charge is 0.0618 e. The highest BCUT2D eigenvalue weighted by molar-refractivity contribution is 6.28. The molecule has 0 atom stereocenters. The summed E-state index contributed by atoms with van der Waals surface area (Å²) in [7, 11) is 0. The van der Waals surface area contributed by atoms with Crippen molar-refractivity contribution in [3.63, 3.8) is 0 Å². The fourth-order valence-electron chi connectivity index (χ4n) is 10.8. The first-order valence-electron chi connectivity index (χ1n) is 24.0. The highest BCUT2D eigenvalue weighted by atomic mass is 15.2. The van der Waals surface area contributed by atoms with E-state index in [0.717, 1.165) is 17.1 Å². The van der Waals surface area contributed by atoms with Gasteiger partial charge in [0.1, 0.15) is 0 Å².